The molecule has 1 fully saturated rings. The van der Waals surface area contributed by atoms with Crippen molar-refractivity contribution in [1.29, 1.82) is 0 Å². The van der Waals surface area contributed by atoms with Crippen LogP contribution in [0.15, 0.2) is 24.3 Å². The second kappa shape index (κ2) is 8.68. The second-order valence-electron chi connectivity index (χ2n) is 6.62. The molecule has 0 bridgehead atoms. The zero-order valence-corrected chi connectivity index (χ0v) is 14.2. The molecule has 0 saturated carbocycles. The van der Waals surface area contributed by atoms with E-state index in [1.54, 1.807) is 12.1 Å². The van der Waals surface area contributed by atoms with Crippen molar-refractivity contribution in [2.24, 2.45) is 5.92 Å². The summed E-state index contributed by atoms with van der Waals surface area (Å²) in [5, 5.41) is 14.7. The molecular formula is C18H26N2O4. The first kappa shape index (κ1) is 18.3. The largest absolute Gasteiger partial charge is 0.478 e. The molecule has 1 saturated heterocycles. The number of urea groups is 1. The zero-order chi connectivity index (χ0) is 17.5. The molecule has 0 spiro atoms. The van der Waals surface area contributed by atoms with Crippen LogP contribution in [-0.2, 0) is 11.3 Å². The van der Waals surface area contributed by atoms with Crippen LogP contribution in [0.3, 0.4) is 0 Å². The molecule has 6 heteroatoms. The molecule has 6 nitrogen and oxygen atoms in total. The van der Waals surface area contributed by atoms with Crippen molar-refractivity contribution in [2.45, 2.75) is 51.8 Å². The average molecular weight is 334 g/mol. The lowest BCUT2D eigenvalue weighted by atomic mass is 9.95. The number of rotatable bonds is 6. The van der Waals surface area contributed by atoms with Gasteiger partial charge < -0.3 is 20.5 Å². The van der Waals surface area contributed by atoms with Crippen molar-refractivity contribution < 1.29 is 19.4 Å². The first-order chi connectivity index (χ1) is 11.5. The predicted octanol–water partition coefficient (Wildman–Crippen LogP) is 2.78. The van der Waals surface area contributed by atoms with E-state index in [1.165, 1.54) is 12.1 Å². The molecule has 24 heavy (non-hydrogen) atoms. The van der Waals surface area contributed by atoms with E-state index in [0.29, 0.717) is 12.5 Å². The number of aromatic carboxylic acids is 1. The Hall–Kier alpha value is -2.08. The van der Waals surface area contributed by atoms with Crippen LogP contribution >= 0.6 is 0 Å². The standard InChI is InChI=1S/C18H26N2O4/c1-12(2)10-16-15(4-3-9-24-16)20-18(23)19-11-13-5-7-14(8-6-13)17(21)22/h5-8,12,15-16H,3-4,9-11H2,1-2H3,(H,21,22)(H2,19,20,23). The molecule has 1 aliphatic rings. The normalized spacial score (nSPS) is 20.6. The average Bonchev–Trinajstić information content (AvgIpc) is 2.54. The summed E-state index contributed by atoms with van der Waals surface area (Å²) in [5.74, 6) is -0.436. The maximum absolute atomic E-state index is 12.1. The SMILES string of the molecule is CC(C)CC1OCCCC1NC(=O)NCc1ccc(C(=O)O)cc1. The minimum atomic E-state index is -0.958. The summed E-state index contributed by atoms with van der Waals surface area (Å²) in [7, 11) is 0. The molecule has 0 aromatic heterocycles. The summed E-state index contributed by atoms with van der Waals surface area (Å²) in [6.45, 7) is 5.41. The Morgan fingerprint density at radius 1 is 1.29 bits per heavy atom. The number of carbonyl (C=O) groups is 2. The van der Waals surface area contributed by atoms with Crippen LogP contribution in [0, 0.1) is 5.92 Å². The molecule has 132 valence electrons. The maximum atomic E-state index is 12.1. The molecule has 1 aromatic rings. The number of amides is 2. The van der Waals surface area contributed by atoms with E-state index < -0.39 is 5.97 Å². The summed E-state index contributed by atoms with van der Waals surface area (Å²) < 4.78 is 5.80. The van der Waals surface area contributed by atoms with Crippen LogP contribution < -0.4 is 10.6 Å². The Morgan fingerprint density at radius 3 is 2.62 bits per heavy atom. The second-order valence-corrected chi connectivity index (χ2v) is 6.62. The highest BCUT2D eigenvalue weighted by Gasteiger charge is 2.27. The Bertz CT molecular complexity index is 557. The molecule has 2 amide bonds. The number of carbonyl (C=O) groups excluding carboxylic acids is 1. The Balaban J connectivity index is 1.82. The van der Waals surface area contributed by atoms with Gasteiger partial charge in [0.05, 0.1) is 17.7 Å². The number of nitrogens with one attached hydrogen (secondary N) is 2. The van der Waals surface area contributed by atoms with E-state index in [1.807, 2.05) is 0 Å². The van der Waals surface area contributed by atoms with Gasteiger partial charge in [0, 0.05) is 13.2 Å². The highest BCUT2D eigenvalue weighted by molar-refractivity contribution is 5.87. The summed E-state index contributed by atoms with van der Waals surface area (Å²) >= 11 is 0. The fourth-order valence-electron chi connectivity index (χ4n) is 2.87. The molecule has 3 N–H and O–H groups in total. The third-order valence-corrected chi connectivity index (χ3v) is 4.11. The first-order valence-electron chi connectivity index (χ1n) is 8.44. The Labute approximate surface area is 142 Å². The molecule has 1 heterocycles. The summed E-state index contributed by atoms with van der Waals surface area (Å²) in [4.78, 5) is 22.9. The van der Waals surface area contributed by atoms with Crippen molar-refractivity contribution in [3.05, 3.63) is 35.4 Å². The number of ether oxygens (including phenoxy) is 1. The van der Waals surface area contributed by atoms with Gasteiger partial charge in [0.2, 0.25) is 0 Å². The van der Waals surface area contributed by atoms with E-state index in [4.69, 9.17) is 9.84 Å². The monoisotopic (exact) mass is 334 g/mol. The van der Waals surface area contributed by atoms with Crippen molar-refractivity contribution >= 4 is 12.0 Å². The molecule has 2 atom stereocenters. The van der Waals surface area contributed by atoms with E-state index in [2.05, 4.69) is 24.5 Å². The van der Waals surface area contributed by atoms with Gasteiger partial charge in [-0.1, -0.05) is 26.0 Å². The van der Waals surface area contributed by atoms with Crippen LogP contribution in [0.4, 0.5) is 4.79 Å². The molecule has 0 aliphatic carbocycles. The van der Waals surface area contributed by atoms with E-state index in [9.17, 15) is 9.59 Å². The lowest BCUT2D eigenvalue weighted by molar-refractivity contribution is -0.0169. The highest BCUT2D eigenvalue weighted by atomic mass is 16.5. The van der Waals surface area contributed by atoms with E-state index in [-0.39, 0.29) is 23.7 Å². The van der Waals surface area contributed by atoms with Crippen LogP contribution in [0.5, 0.6) is 0 Å². The van der Waals surface area contributed by atoms with Crippen molar-refractivity contribution in [3.63, 3.8) is 0 Å². The van der Waals surface area contributed by atoms with Gasteiger partial charge in [-0.2, -0.15) is 0 Å². The fraction of sp³-hybridized carbons (Fsp3) is 0.556. The quantitative estimate of drug-likeness (QED) is 0.746. The van der Waals surface area contributed by atoms with Gasteiger partial charge in [-0.25, -0.2) is 9.59 Å². The van der Waals surface area contributed by atoms with Gasteiger partial charge in [0.15, 0.2) is 0 Å². The smallest absolute Gasteiger partial charge is 0.335 e. The van der Waals surface area contributed by atoms with Gasteiger partial charge >= 0.3 is 12.0 Å². The minimum Gasteiger partial charge on any atom is -0.478 e. The zero-order valence-electron chi connectivity index (χ0n) is 14.2. The van der Waals surface area contributed by atoms with Gasteiger partial charge in [0.25, 0.3) is 0 Å². The topological polar surface area (TPSA) is 87.7 Å². The highest BCUT2D eigenvalue weighted by Crippen LogP contribution is 2.20. The third-order valence-electron chi connectivity index (χ3n) is 4.11. The number of carboxylic acid groups (broad SMARTS) is 1. The third kappa shape index (κ3) is 5.53. The number of hydrogen-bond donors (Lipinski definition) is 3. The molecule has 1 aliphatic heterocycles. The molecular weight excluding hydrogens is 308 g/mol. The molecule has 0 radical (unpaired) electrons. The lowest BCUT2D eigenvalue weighted by Crippen LogP contribution is -2.50. The maximum Gasteiger partial charge on any atom is 0.335 e. The van der Waals surface area contributed by atoms with Gasteiger partial charge in [-0.3, -0.25) is 0 Å². The number of benzene rings is 1. The summed E-state index contributed by atoms with van der Waals surface area (Å²) in [6.07, 6.45) is 2.88. The lowest BCUT2D eigenvalue weighted by Gasteiger charge is -2.33. The van der Waals surface area contributed by atoms with Crippen LogP contribution in [0.1, 0.15) is 49.0 Å². The Morgan fingerprint density at radius 2 is 2.00 bits per heavy atom. The summed E-state index contributed by atoms with van der Waals surface area (Å²) in [6, 6.07) is 6.29. The predicted molar refractivity (Wildman–Crippen MR) is 91.0 cm³/mol. The van der Waals surface area contributed by atoms with Crippen LogP contribution in [0.2, 0.25) is 0 Å². The van der Waals surface area contributed by atoms with Crippen molar-refractivity contribution in [2.75, 3.05) is 6.61 Å². The van der Waals surface area contributed by atoms with E-state index in [0.717, 1.165) is 31.4 Å². The van der Waals surface area contributed by atoms with Gasteiger partial charge in [-0.15, -0.1) is 0 Å². The minimum absolute atomic E-state index is 0.0375. The molecule has 1 aromatic carbocycles. The number of hydrogen-bond acceptors (Lipinski definition) is 3. The van der Waals surface area contributed by atoms with E-state index >= 15 is 0 Å². The van der Waals surface area contributed by atoms with Gasteiger partial charge in [0.1, 0.15) is 0 Å². The summed E-state index contributed by atoms with van der Waals surface area (Å²) in [5.41, 5.74) is 1.09. The molecule has 2 rings (SSSR count). The van der Waals surface area contributed by atoms with Crippen LogP contribution in [-0.4, -0.2) is 35.9 Å². The van der Waals surface area contributed by atoms with Crippen molar-refractivity contribution in [1.82, 2.24) is 10.6 Å². The van der Waals surface area contributed by atoms with Crippen molar-refractivity contribution in [3.8, 4) is 0 Å². The fourth-order valence-corrected chi connectivity index (χ4v) is 2.87. The Kier molecular flexibility index (Phi) is 6.61. The molecule has 2 unspecified atom stereocenters. The van der Waals surface area contributed by atoms with Gasteiger partial charge in [-0.05, 0) is 42.9 Å². The van der Waals surface area contributed by atoms with Crippen LogP contribution in [0.25, 0.3) is 0 Å². The first-order valence-corrected chi connectivity index (χ1v) is 8.44. The number of carboxylic acids is 1.